The van der Waals surface area contributed by atoms with Crippen molar-refractivity contribution < 1.29 is 14.0 Å². The van der Waals surface area contributed by atoms with Gasteiger partial charge in [-0.05, 0) is 29.2 Å². The normalized spacial score (nSPS) is 11.0. The van der Waals surface area contributed by atoms with Crippen molar-refractivity contribution in [2.24, 2.45) is 0 Å². The molecule has 0 spiro atoms. The minimum atomic E-state index is -0.590. The number of rotatable bonds is 2. The number of benzene rings is 1. The van der Waals surface area contributed by atoms with Crippen LogP contribution in [0.5, 0.6) is 0 Å². The molecule has 5 nitrogen and oxygen atoms in total. The average Bonchev–Trinajstić information content (AvgIpc) is 2.91. The maximum Gasteiger partial charge on any atom is 0.326 e. The number of hydrogen-bond donors (Lipinski definition) is 2. The number of amides is 3. The van der Waals surface area contributed by atoms with Gasteiger partial charge >= 0.3 is 6.03 Å². The van der Waals surface area contributed by atoms with Crippen LogP contribution in [0, 0.1) is 0 Å². The monoisotopic (exact) mass is 286 g/mol. The van der Waals surface area contributed by atoms with Gasteiger partial charge in [0.2, 0.25) is 0 Å². The molecule has 0 fully saturated rings. The SMILES string of the molecule is CC(C)(C)c1ccccc1NC(=O)NC(=O)c1ccco1. The van der Waals surface area contributed by atoms with E-state index >= 15 is 0 Å². The number of furan rings is 1. The molecule has 0 unspecified atom stereocenters. The second-order valence-electron chi connectivity index (χ2n) is 5.68. The minimum absolute atomic E-state index is 0.0919. The van der Waals surface area contributed by atoms with Crippen LogP contribution in [-0.2, 0) is 5.41 Å². The van der Waals surface area contributed by atoms with Crippen LogP contribution in [0.4, 0.5) is 10.5 Å². The summed E-state index contributed by atoms with van der Waals surface area (Å²) in [6.07, 6.45) is 1.38. The Morgan fingerprint density at radius 1 is 1.05 bits per heavy atom. The van der Waals surface area contributed by atoms with Crippen molar-refractivity contribution in [3.05, 3.63) is 54.0 Å². The molecule has 2 rings (SSSR count). The van der Waals surface area contributed by atoms with Crippen LogP contribution in [0.1, 0.15) is 36.9 Å². The summed E-state index contributed by atoms with van der Waals surface area (Å²) >= 11 is 0. The molecule has 2 aromatic rings. The van der Waals surface area contributed by atoms with Gasteiger partial charge in [0.1, 0.15) is 0 Å². The highest BCUT2D eigenvalue weighted by molar-refractivity contribution is 6.06. The Balaban J connectivity index is 2.09. The second kappa shape index (κ2) is 5.83. The van der Waals surface area contributed by atoms with Crippen LogP contribution in [0.25, 0.3) is 0 Å². The average molecular weight is 286 g/mol. The molecule has 0 aliphatic heterocycles. The number of nitrogens with one attached hydrogen (secondary N) is 2. The summed E-state index contributed by atoms with van der Waals surface area (Å²) in [6, 6.07) is 9.99. The molecule has 0 saturated carbocycles. The Labute approximate surface area is 123 Å². The number of urea groups is 1. The van der Waals surface area contributed by atoms with Crippen molar-refractivity contribution >= 4 is 17.6 Å². The molecule has 0 aliphatic carbocycles. The lowest BCUT2D eigenvalue weighted by Crippen LogP contribution is -2.34. The smallest absolute Gasteiger partial charge is 0.326 e. The summed E-state index contributed by atoms with van der Waals surface area (Å²) in [5.74, 6) is -0.486. The second-order valence-corrected chi connectivity index (χ2v) is 5.68. The minimum Gasteiger partial charge on any atom is -0.459 e. The van der Waals surface area contributed by atoms with Gasteiger partial charge in [-0.1, -0.05) is 39.0 Å². The highest BCUT2D eigenvalue weighted by atomic mass is 16.3. The lowest BCUT2D eigenvalue weighted by molar-refractivity contribution is 0.0940. The molecule has 0 saturated heterocycles. The van der Waals surface area contributed by atoms with Gasteiger partial charge in [-0.2, -0.15) is 0 Å². The molecule has 1 aromatic carbocycles. The molecule has 5 heteroatoms. The number of hydrogen-bond acceptors (Lipinski definition) is 3. The maximum absolute atomic E-state index is 11.9. The third-order valence-corrected chi connectivity index (χ3v) is 2.96. The molecule has 0 atom stereocenters. The van der Waals surface area contributed by atoms with E-state index in [1.165, 1.54) is 12.3 Å². The van der Waals surface area contributed by atoms with Gasteiger partial charge in [0, 0.05) is 5.69 Å². The first-order chi connectivity index (χ1) is 9.88. The summed E-state index contributed by atoms with van der Waals surface area (Å²) < 4.78 is 4.93. The van der Waals surface area contributed by atoms with Crippen molar-refractivity contribution in [1.29, 1.82) is 0 Å². The van der Waals surface area contributed by atoms with Gasteiger partial charge < -0.3 is 9.73 Å². The van der Waals surface area contributed by atoms with Crippen molar-refractivity contribution in [3.63, 3.8) is 0 Å². The number of carbonyl (C=O) groups excluding carboxylic acids is 2. The first-order valence-electron chi connectivity index (χ1n) is 6.63. The van der Waals surface area contributed by atoms with E-state index in [1.807, 2.05) is 18.2 Å². The summed E-state index contributed by atoms with van der Waals surface area (Å²) in [7, 11) is 0. The zero-order valence-corrected chi connectivity index (χ0v) is 12.3. The molecule has 21 heavy (non-hydrogen) atoms. The fraction of sp³-hybridized carbons (Fsp3) is 0.250. The Kier molecular flexibility index (Phi) is 4.12. The van der Waals surface area contributed by atoms with E-state index in [0.717, 1.165) is 5.56 Å². The Hall–Kier alpha value is -2.56. The Morgan fingerprint density at radius 3 is 2.38 bits per heavy atom. The van der Waals surface area contributed by atoms with E-state index in [-0.39, 0.29) is 11.2 Å². The van der Waals surface area contributed by atoms with Crippen molar-refractivity contribution in [2.45, 2.75) is 26.2 Å². The molecular weight excluding hydrogens is 268 g/mol. The molecule has 1 heterocycles. The molecule has 110 valence electrons. The predicted molar refractivity (Wildman–Crippen MR) is 80.3 cm³/mol. The number of anilines is 1. The molecule has 1 aromatic heterocycles. The summed E-state index contributed by atoms with van der Waals surface area (Å²) in [6.45, 7) is 6.16. The van der Waals surface area contributed by atoms with Crippen LogP contribution < -0.4 is 10.6 Å². The number of para-hydroxylation sites is 1. The van der Waals surface area contributed by atoms with Crippen LogP contribution in [0.15, 0.2) is 47.1 Å². The molecule has 0 radical (unpaired) electrons. The van der Waals surface area contributed by atoms with E-state index in [1.54, 1.807) is 12.1 Å². The molecule has 0 bridgehead atoms. The van der Waals surface area contributed by atoms with Gasteiger partial charge in [0.15, 0.2) is 5.76 Å². The first-order valence-corrected chi connectivity index (χ1v) is 6.63. The van der Waals surface area contributed by atoms with E-state index < -0.39 is 11.9 Å². The lowest BCUT2D eigenvalue weighted by atomic mass is 9.86. The van der Waals surface area contributed by atoms with Gasteiger partial charge in [0.25, 0.3) is 5.91 Å². The fourth-order valence-electron chi connectivity index (χ4n) is 1.97. The molecular formula is C16H18N2O3. The molecule has 2 N–H and O–H groups in total. The number of carbonyl (C=O) groups is 2. The fourth-order valence-corrected chi connectivity index (χ4v) is 1.97. The highest BCUT2D eigenvalue weighted by Crippen LogP contribution is 2.29. The van der Waals surface area contributed by atoms with Crippen molar-refractivity contribution in [2.75, 3.05) is 5.32 Å². The zero-order valence-electron chi connectivity index (χ0n) is 12.3. The summed E-state index contributed by atoms with van der Waals surface area (Å²) in [5.41, 5.74) is 1.55. The van der Waals surface area contributed by atoms with E-state index in [4.69, 9.17) is 4.42 Å². The quantitative estimate of drug-likeness (QED) is 0.887. The Bertz CT molecular complexity index is 640. The maximum atomic E-state index is 11.9. The highest BCUT2D eigenvalue weighted by Gasteiger charge is 2.19. The summed E-state index contributed by atoms with van der Waals surface area (Å²) in [5, 5.41) is 4.92. The van der Waals surface area contributed by atoms with E-state index in [2.05, 4.69) is 31.4 Å². The van der Waals surface area contributed by atoms with E-state index in [9.17, 15) is 9.59 Å². The topological polar surface area (TPSA) is 71.3 Å². The number of imide groups is 1. The third-order valence-electron chi connectivity index (χ3n) is 2.96. The van der Waals surface area contributed by atoms with Gasteiger partial charge in [-0.25, -0.2) is 4.79 Å². The Morgan fingerprint density at radius 2 is 1.76 bits per heavy atom. The molecule has 3 amide bonds. The standard InChI is InChI=1S/C16H18N2O3/c1-16(2,3)11-7-4-5-8-12(11)17-15(20)18-14(19)13-9-6-10-21-13/h4-10H,1-3H3,(H2,17,18,19,20). The van der Waals surface area contributed by atoms with Crippen LogP contribution in [0.3, 0.4) is 0 Å². The zero-order chi connectivity index (χ0) is 15.5. The van der Waals surface area contributed by atoms with Crippen LogP contribution >= 0.6 is 0 Å². The molecule has 0 aliphatic rings. The third kappa shape index (κ3) is 3.72. The van der Waals surface area contributed by atoms with Crippen LogP contribution in [0.2, 0.25) is 0 Å². The summed E-state index contributed by atoms with van der Waals surface area (Å²) in [4.78, 5) is 23.6. The first kappa shape index (κ1) is 14.8. The van der Waals surface area contributed by atoms with Crippen molar-refractivity contribution in [3.8, 4) is 0 Å². The van der Waals surface area contributed by atoms with Crippen LogP contribution in [-0.4, -0.2) is 11.9 Å². The van der Waals surface area contributed by atoms with Crippen molar-refractivity contribution in [1.82, 2.24) is 5.32 Å². The van der Waals surface area contributed by atoms with Gasteiger partial charge in [0.05, 0.1) is 6.26 Å². The lowest BCUT2D eigenvalue weighted by Gasteiger charge is -2.22. The van der Waals surface area contributed by atoms with E-state index in [0.29, 0.717) is 5.69 Å². The van der Waals surface area contributed by atoms with Gasteiger partial charge in [-0.15, -0.1) is 0 Å². The van der Waals surface area contributed by atoms with Gasteiger partial charge in [-0.3, -0.25) is 10.1 Å². The predicted octanol–water partition coefficient (Wildman–Crippen LogP) is 3.54. The largest absolute Gasteiger partial charge is 0.459 e.